The fourth-order valence-corrected chi connectivity index (χ4v) is 4.87. The summed E-state index contributed by atoms with van der Waals surface area (Å²) < 4.78 is 14.0. The molecule has 0 atom stereocenters. The van der Waals surface area contributed by atoms with E-state index in [9.17, 15) is 0 Å². The first kappa shape index (κ1) is 21.0. The number of hydrogen-bond donors (Lipinski definition) is 1. The molecular formula is C24H28N8O2. The molecule has 0 unspecified atom stereocenters. The maximum absolute atomic E-state index is 6.54. The minimum atomic E-state index is 0.142. The van der Waals surface area contributed by atoms with Crippen LogP contribution in [0.15, 0.2) is 37.2 Å². The standard InChI is InChI=1S/C24H28N8O2/c1-31-15-29-22-23(27-14-28-24(22)31)30-16-2-4-18(5-3-16)34-20-13-17(32-8-10-33-11-9-32)12-19-21(20)26-7-6-25-19/h6-7,12-16,18H,2-5,8-11H2,1H3,(H,27,28,30). The number of imidazole rings is 1. The first-order valence-electron chi connectivity index (χ1n) is 11.9. The van der Waals surface area contributed by atoms with Crippen LogP contribution in [-0.4, -0.2) is 67.9 Å². The summed E-state index contributed by atoms with van der Waals surface area (Å²) in [7, 11) is 1.94. The van der Waals surface area contributed by atoms with Crippen molar-refractivity contribution in [2.24, 2.45) is 7.05 Å². The Hall–Kier alpha value is -3.53. The van der Waals surface area contributed by atoms with Gasteiger partial charge in [-0.2, -0.15) is 0 Å². The third-order valence-corrected chi connectivity index (χ3v) is 6.71. The van der Waals surface area contributed by atoms with E-state index in [4.69, 9.17) is 9.47 Å². The second kappa shape index (κ2) is 9.02. The van der Waals surface area contributed by atoms with Crippen LogP contribution in [-0.2, 0) is 11.8 Å². The van der Waals surface area contributed by atoms with Gasteiger partial charge >= 0.3 is 0 Å². The maximum Gasteiger partial charge on any atom is 0.165 e. The van der Waals surface area contributed by atoms with Gasteiger partial charge in [0.2, 0.25) is 0 Å². The van der Waals surface area contributed by atoms with E-state index >= 15 is 0 Å². The summed E-state index contributed by atoms with van der Waals surface area (Å²) >= 11 is 0. The number of benzene rings is 1. The molecule has 0 bridgehead atoms. The van der Waals surface area contributed by atoms with Crippen LogP contribution in [0, 0.1) is 0 Å². The summed E-state index contributed by atoms with van der Waals surface area (Å²) in [5.41, 5.74) is 4.44. The fourth-order valence-electron chi connectivity index (χ4n) is 4.87. The van der Waals surface area contributed by atoms with Gasteiger partial charge in [0.05, 0.1) is 31.2 Å². The van der Waals surface area contributed by atoms with Crippen molar-refractivity contribution in [2.75, 3.05) is 36.5 Å². The molecule has 10 heteroatoms. The van der Waals surface area contributed by atoms with Gasteiger partial charge in [-0.1, -0.05) is 0 Å². The van der Waals surface area contributed by atoms with E-state index < -0.39 is 0 Å². The van der Waals surface area contributed by atoms with Gasteiger partial charge in [0.1, 0.15) is 23.1 Å². The van der Waals surface area contributed by atoms with Gasteiger partial charge in [0.15, 0.2) is 11.5 Å². The first-order chi connectivity index (χ1) is 16.7. The Kier molecular flexibility index (Phi) is 5.58. The normalized spacial score (nSPS) is 21.1. The SMILES string of the molecule is Cn1cnc2c(NC3CCC(Oc4cc(N5CCOCC5)cc5nccnc45)CC3)ncnc21. The molecule has 3 aromatic heterocycles. The monoisotopic (exact) mass is 460 g/mol. The summed E-state index contributed by atoms with van der Waals surface area (Å²) in [6.07, 6.45) is 10.9. The van der Waals surface area contributed by atoms with Gasteiger partial charge < -0.3 is 24.3 Å². The smallest absolute Gasteiger partial charge is 0.165 e. The van der Waals surface area contributed by atoms with Crippen LogP contribution in [0.2, 0.25) is 0 Å². The maximum atomic E-state index is 6.54. The van der Waals surface area contributed by atoms with E-state index in [2.05, 4.69) is 47.3 Å². The Bertz CT molecular complexity index is 1290. The number of ether oxygens (including phenoxy) is 2. The zero-order chi connectivity index (χ0) is 22.9. The third kappa shape index (κ3) is 4.09. The molecule has 6 rings (SSSR count). The van der Waals surface area contributed by atoms with Gasteiger partial charge in [-0.05, 0) is 31.7 Å². The molecule has 0 amide bonds. The van der Waals surface area contributed by atoms with E-state index in [-0.39, 0.29) is 6.10 Å². The lowest BCUT2D eigenvalue weighted by Crippen LogP contribution is -2.36. The van der Waals surface area contributed by atoms with Crippen molar-refractivity contribution in [3.63, 3.8) is 0 Å². The molecule has 4 heterocycles. The third-order valence-electron chi connectivity index (χ3n) is 6.71. The molecule has 2 aliphatic rings. The lowest BCUT2D eigenvalue weighted by Gasteiger charge is -2.31. The number of nitrogens with one attached hydrogen (secondary N) is 1. The molecule has 1 aromatic carbocycles. The van der Waals surface area contributed by atoms with Crippen LogP contribution >= 0.6 is 0 Å². The summed E-state index contributed by atoms with van der Waals surface area (Å²) in [4.78, 5) is 24.7. The fraction of sp³-hybridized carbons (Fsp3) is 0.458. The predicted molar refractivity (Wildman–Crippen MR) is 129 cm³/mol. The highest BCUT2D eigenvalue weighted by atomic mass is 16.5. The van der Waals surface area contributed by atoms with Crippen molar-refractivity contribution in [2.45, 2.75) is 37.8 Å². The summed E-state index contributed by atoms with van der Waals surface area (Å²) in [5, 5.41) is 3.58. The number of morpholine rings is 1. The Labute approximate surface area is 197 Å². The highest BCUT2D eigenvalue weighted by molar-refractivity contribution is 5.85. The lowest BCUT2D eigenvalue weighted by atomic mass is 9.93. The van der Waals surface area contributed by atoms with E-state index in [0.717, 1.165) is 91.4 Å². The van der Waals surface area contributed by atoms with Gasteiger partial charge in [-0.25, -0.2) is 19.9 Å². The molecule has 1 aliphatic carbocycles. The first-order valence-corrected chi connectivity index (χ1v) is 11.9. The van der Waals surface area contributed by atoms with Crippen LogP contribution in [0.4, 0.5) is 11.5 Å². The molecule has 2 fully saturated rings. The molecule has 10 nitrogen and oxygen atoms in total. The summed E-state index contributed by atoms with van der Waals surface area (Å²) in [6, 6.07) is 4.54. The number of nitrogens with zero attached hydrogens (tertiary/aromatic N) is 7. The second-order valence-electron chi connectivity index (χ2n) is 8.95. The van der Waals surface area contributed by atoms with Gasteiger partial charge in [-0.3, -0.25) is 4.98 Å². The lowest BCUT2D eigenvalue weighted by molar-refractivity contribution is 0.122. The highest BCUT2D eigenvalue weighted by Crippen LogP contribution is 2.33. The number of rotatable bonds is 5. The van der Waals surface area contributed by atoms with Crippen LogP contribution < -0.4 is 15.0 Å². The largest absolute Gasteiger partial charge is 0.488 e. The van der Waals surface area contributed by atoms with Gasteiger partial charge in [-0.15, -0.1) is 0 Å². The average molecular weight is 461 g/mol. The Morgan fingerprint density at radius 3 is 2.62 bits per heavy atom. The highest BCUT2D eigenvalue weighted by Gasteiger charge is 2.25. The Morgan fingerprint density at radius 1 is 0.941 bits per heavy atom. The molecule has 1 aliphatic heterocycles. The second-order valence-corrected chi connectivity index (χ2v) is 8.95. The molecule has 4 aromatic rings. The number of fused-ring (bicyclic) bond motifs is 2. The zero-order valence-electron chi connectivity index (χ0n) is 19.2. The van der Waals surface area contributed by atoms with Crippen molar-refractivity contribution in [3.8, 4) is 5.75 Å². The Morgan fingerprint density at radius 2 is 1.76 bits per heavy atom. The molecule has 0 spiro atoms. The zero-order valence-corrected chi connectivity index (χ0v) is 19.2. The summed E-state index contributed by atoms with van der Waals surface area (Å²) in [6.45, 7) is 3.22. The van der Waals surface area contributed by atoms with Gasteiger partial charge in [0, 0.05) is 50.3 Å². The van der Waals surface area contributed by atoms with Crippen molar-refractivity contribution >= 4 is 33.7 Å². The van der Waals surface area contributed by atoms with Crippen LogP contribution in [0.5, 0.6) is 5.75 Å². The molecule has 0 radical (unpaired) electrons. The van der Waals surface area contributed by atoms with E-state index in [0.29, 0.717) is 6.04 Å². The van der Waals surface area contributed by atoms with Crippen molar-refractivity contribution < 1.29 is 9.47 Å². The molecule has 176 valence electrons. The van der Waals surface area contributed by atoms with Crippen molar-refractivity contribution in [1.29, 1.82) is 0 Å². The number of aromatic nitrogens is 6. The van der Waals surface area contributed by atoms with Crippen molar-refractivity contribution in [3.05, 3.63) is 37.2 Å². The minimum absolute atomic E-state index is 0.142. The average Bonchev–Trinajstić information content (AvgIpc) is 3.27. The van der Waals surface area contributed by atoms with Crippen LogP contribution in [0.25, 0.3) is 22.2 Å². The van der Waals surface area contributed by atoms with Crippen LogP contribution in [0.3, 0.4) is 0 Å². The molecule has 1 saturated heterocycles. The van der Waals surface area contributed by atoms with E-state index in [1.807, 2.05) is 11.6 Å². The van der Waals surface area contributed by atoms with E-state index in [1.165, 1.54) is 0 Å². The number of aryl methyl sites for hydroxylation is 1. The topological polar surface area (TPSA) is 103 Å². The molecule has 1 saturated carbocycles. The van der Waals surface area contributed by atoms with Crippen molar-refractivity contribution in [1.82, 2.24) is 29.5 Å². The van der Waals surface area contributed by atoms with Gasteiger partial charge in [0.25, 0.3) is 0 Å². The molecule has 34 heavy (non-hydrogen) atoms. The van der Waals surface area contributed by atoms with E-state index in [1.54, 1.807) is 25.0 Å². The quantitative estimate of drug-likeness (QED) is 0.481. The number of anilines is 2. The minimum Gasteiger partial charge on any atom is -0.488 e. The molecule has 1 N–H and O–H groups in total. The Balaban J connectivity index is 1.16. The molecular weight excluding hydrogens is 432 g/mol. The predicted octanol–water partition coefficient (Wildman–Crippen LogP) is 2.95. The van der Waals surface area contributed by atoms with Crippen LogP contribution in [0.1, 0.15) is 25.7 Å². The number of hydrogen-bond acceptors (Lipinski definition) is 9. The summed E-state index contributed by atoms with van der Waals surface area (Å²) in [5.74, 6) is 1.61.